The molecule has 5 heteroatoms. The van der Waals surface area contributed by atoms with Gasteiger partial charge in [0.1, 0.15) is 5.69 Å². The van der Waals surface area contributed by atoms with Crippen molar-refractivity contribution in [3.05, 3.63) is 101 Å². The fourth-order valence-electron chi connectivity index (χ4n) is 4.87. The fourth-order valence-corrected chi connectivity index (χ4v) is 4.87. The molecule has 1 fully saturated rings. The van der Waals surface area contributed by atoms with Crippen LogP contribution in [0.1, 0.15) is 65.6 Å². The number of aromatic nitrogens is 1. The van der Waals surface area contributed by atoms with Crippen LogP contribution in [-0.2, 0) is 12.0 Å². The second kappa shape index (κ2) is 9.65. The van der Waals surface area contributed by atoms with E-state index in [4.69, 9.17) is 0 Å². The molecule has 3 aromatic carbocycles. The van der Waals surface area contributed by atoms with E-state index in [0.29, 0.717) is 23.5 Å². The van der Waals surface area contributed by atoms with Crippen LogP contribution in [0.3, 0.4) is 0 Å². The maximum Gasteiger partial charge on any atom is 0.270 e. The Morgan fingerprint density at radius 3 is 2.22 bits per heavy atom. The largest absolute Gasteiger partial charge is 0.337 e. The van der Waals surface area contributed by atoms with Crippen LogP contribution < -0.4 is 5.32 Å². The van der Waals surface area contributed by atoms with Crippen molar-refractivity contribution in [2.45, 2.75) is 45.6 Å². The van der Waals surface area contributed by atoms with Crippen molar-refractivity contribution in [2.24, 2.45) is 0 Å². The highest BCUT2D eigenvalue weighted by atomic mass is 16.2. The smallest absolute Gasteiger partial charge is 0.270 e. The van der Waals surface area contributed by atoms with Gasteiger partial charge in [-0.2, -0.15) is 0 Å². The average Bonchev–Trinajstić information content (AvgIpc) is 3.53. The molecule has 1 aromatic heterocycles. The van der Waals surface area contributed by atoms with Crippen LogP contribution in [0.4, 0.5) is 5.69 Å². The third-order valence-corrected chi connectivity index (χ3v) is 6.97. The highest BCUT2D eigenvalue weighted by molar-refractivity contribution is 6.06. The average molecular weight is 480 g/mol. The Kier molecular flexibility index (Phi) is 6.40. The van der Waals surface area contributed by atoms with Gasteiger partial charge >= 0.3 is 0 Å². The highest BCUT2D eigenvalue weighted by Gasteiger charge is 2.24. The molecule has 1 aliphatic heterocycles. The van der Waals surface area contributed by atoms with E-state index in [1.54, 1.807) is 0 Å². The summed E-state index contributed by atoms with van der Waals surface area (Å²) in [5, 5.41) is 3.97. The number of carbonyl (C=O) groups is 2. The molecule has 5 nitrogen and oxygen atoms in total. The van der Waals surface area contributed by atoms with E-state index in [1.807, 2.05) is 71.6 Å². The number of anilines is 1. The van der Waals surface area contributed by atoms with E-state index in [-0.39, 0.29) is 17.2 Å². The Morgan fingerprint density at radius 1 is 0.861 bits per heavy atom. The van der Waals surface area contributed by atoms with Crippen molar-refractivity contribution in [3.63, 3.8) is 0 Å². The van der Waals surface area contributed by atoms with Crippen LogP contribution in [0.5, 0.6) is 0 Å². The van der Waals surface area contributed by atoms with Crippen molar-refractivity contribution >= 4 is 28.4 Å². The van der Waals surface area contributed by atoms with Crippen LogP contribution in [0.25, 0.3) is 10.9 Å². The summed E-state index contributed by atoms with van der Waals surface area (Å²) in [6.45, 7) is 8.70. The van der Waals surface area contributed by atoms with Crippen molar-refractivity contribution in [1.29, 1.82) is 0 Å². The SMILES string of the molecule is CC(C)(C)c1ccc(C(=O)Nc2ccc3c(c2)cc(C(=O)N2CCCC2)n3Cc2ccccc2)cc1. The molecule has 2 amide bonds. The zero-order valence-corrected chi connectivity index (χ0v) is 21.3. The number of nitrogens with one attached hydrogen (secondary N) is 1. The predicted octanol–water partition coefficient (Wildman–Crippen LogP) is 6.48. The molecule has 1 aliphatic rings. The Hall–Kier alpha value is -3.86. The van der Waals surface area contributed by atoms with E-state index in [9.17, 15) is 9.59 Å². The molecule has 0 saturated carbocycles. The van der Waals surface area contributed by atoms with Crippen LogP contribution >= 0.6 is 0 Å². The second-order valence-electron chi connectivity index (χ2n) is 10.7. The van der Waals surface area contributed by atoms with Gasteiger partial charge in [0.05, 0.1) is 0 Å². The lowest BCUT2D eigenvalue weighted by Crippen LogP contribution is -2.29. The summed E-state index contributed by atoms with van der Waals surface area (Å²) in [5.74, 6) is -0.0731. The molecule has 0 aliphatic carbocycles. The van der Waals surface area contributed by atoms with Gasteiger partial charge in [0, 0.05) is 41.8 Å². The van der Waals surface area contributed by atoms with Crippen molar-refractivity contribution in [1.82, 2.24) is 9.47 Å². The molecule has 0 atom stereocenters. The van der Waals surface area contributed by atoms with Gasteiger partial charge in [0.25, 0.3) is 11.8 Å². The second-order valence-corrected chi connectivity index (χ2v) is 10.7. The standard InChI is InChI=1S/C31H33N3O2/c1-31(2,3)25-13-11-23(12-14-25)29(35)32-26-15-16-27-24(19-26)20-28(30(36)33-17-7-8-18-33)34(27)21-22-9-5-4-6-10-22/h4-6,9-16,19-20H,7-8,17-18,21H2,1-3H3,(H,32,35). The Labute approximate surface area is 212 Å². The van der Waals surface area contributed by atoms with Gasteiger partial charge in [-0.1, -0.05) is 63.2 Å². The number of likely N-dealkylation sites (tertiary alicyclic amines) is 1. The molecular weight excluding hydrogens is 446 g/mol. The Bertz CT molecular complexity index is 1390. The molecule has 36 heavy (non-hydrogen) atoms. The first kappa shape index (κ1) is 23.9. The molecule has 2 heterocycles. The van der Waals surface area contributed by atoms with Gasteiger partial charge in [-0.15, -0.1) is 0 Å². The minimum atomic E-state index is -0.146. The molecule has 0 bridgehead atoms. The third-order valence-electron chi connectivity index (χ3n) is 6.97. The molecule has 184 valence electrons. The van der Waals surface area contributed by atoms with E-state index >= 15 is 0 Å². The molecular formula is C31H33N3O2. The van der Waals surface area contributed by atoms with Gasteiger partial charge in [0.15, 0.2) is 0 Å². The van der Waals surface area contributed by atoms with Gasteiger partial charge in [0.2, 0.25) is 0 Å². The van der Waals surface area contributed by atoms with Gasteiger partial charge in [-0.3, -0.25) is 9.59 Å². The molecule has 5 rings (SSSR count). The number of hydrogen-bond donors (Lipinski definition) is 1. The van der Waals surface area contributed by atoms with Crippen molar-refractivity contribution in [3.8, 4) is 0 Å². The van der Waals surface area contributed by atoms with E-state index in [1.165, 1.54) is 5.56 Å². The zero-order chi connectivity index (χ0) is 25.3. The number of hydrogen-bond acceptors (Lipinski definition) is 2. The van der Waals surface area contributed by atoms with Crippen LogP contribution in [0.2, 0.25) is 0 Å². The topological polar surface area (TPSA) is 54.3 Å². The lowest BCUT2D eigenvalue weighted by atomic mass is 9.87. The molecule has 4 aromatic rings. The van der Waals surface area contributed by atoms with Crippen LogP contribution in [-0.4, -0.2) is 34.4 Å². The lowest BCUT2D eigenvalue weighted by Gasteiger charge is -2.19. The highest BCUT2D eigenvalue weighted by Crippen LogP contribution is 2.27. The summed E-state index contributed by atoms with van der Waals surface area (Å²) in [4.78, 5) is 28.3. The van der Waals surface area contributed by atoms with Gasteiger partial charge in [-0.25, -0.2) is 0 Å². The Balaban J connectivity index is 1.45. The number of amides is 2. The summed E-state index contributed by atoms with van der Waals surface area (Å²) in [5.41, 5.74) is 5.37. The summed E-state index contributed by atoms with van der Waals surface area (Å²) in [6, 6.07) is 25.8. The number of benzene rings is 3. The van der Waals surface area contributed by atoms with Gasteiger partial charge < -0.3 is 14.8 Å². The zero-order valence-electron chi connectivity index (χ0n) is 21.3. The summed E-state index contributed by atoms with van der Waals surface area (Å²) < 4.78 is 2.10. The van der Waals surface area contributed by atoms with E-state index < -0.39 is 0 Å². The van der Waals surface area contributed by atoms with Gasteiger partial charge in [-0.05, 0) is 65.8 Å². The van der Waals surface area contributed by atoms with Crippen molar-refractivity contribution < 1.29 is 9.59 Å². The van der Waals surface area contributed by atoms with Crippen molar-refractivity contribution in [2.75, 3.05) is 18.4 Å². The first-order valence-corrected chi connectivity index (χ1v) is 12.7. The minimum Gasteiger partial charge on any atom is -0.337 e. The molecule has 1 saturated heterocycles. The Morgan fingerprint density at radius 2 is 1.56 bits per heavy atom. The molecule has 0 unspecified atom stereocenters. The molecule has 0 spiro atoms. The number of nitrogens with zero attached hydrogens (tertiary/aromatic N) is 2. The summed E-state index contributed by atoms with van der Waals surface area (Å²) in [7, 11) is 0. The van der Waals surface area contributed by atoms with Crippen LogP contribution in [0.15, 0.2) is 78.9 Å². The normalized spacial score (nSPS) is 13.8. The van der Waals surface area contributed by atoms with E-state index in [0.717, 1.165) is 42.4 Å². The molecule has 1 N–H and O–H groups in total. The quantitative estimate of drug-likeness (QED) is 0.356. The summed E-state index contributed by atoms with van der Waals surface area (Å²) >= 11 is 0. The van der Waals surface area contributed by atoms with Crippen LogP contribution in [0, 0.1) is 0 Å². The lowest BCUT2D eigenvalue weighted by molar-refractivity contribution is 0.0783. The minimum absolute atomic E-state index is 0.0388. The first-order chi connectivity index (χ1) is 17.3. The van der Waals surface area contributed by atoms with E-state index in [2.05, 4.69) is 42.8 Å². The molecule has 0 radical (unpaired) electrons. The maximum absolute atomic E-state index is 13.4. The number of fused-ring (bicyclic) bond motifs is 1. The number of rotatable bonds is 5. The predicted molar refractivity (Wildman–Crippen MR) is 146 cm³/mol. The maximum atomic E-state index is 13.4. The number of carbonyl (C=O) groups excluding carboxylic acids is 2. The summed E-state index contributed by atoms with van der Waals surface area (Å²) in [6.07, 6.45) is 2.11. The third kappa shape index (κ3) is 4.92. The fraction of sp³-hybridized carbons (Fsp3) is 0.290. The first-order valence-electron chi connectivity index (χ1n) is 12.7. The monoisotopic (exact) mass is 479 g/mol.